The van der Waals surface area contributed by atoms with Crippen LogP contribution in [0.1, 0.15) is 65.2 Å². The highest BCUT2D eigenvalue weighted by atomic mass is 15.2. The first-order valence-electron chi connectivity index (χ1n) is 9.17. The van der Waals surface area contributed by atoms with Gasteiger partial charge in [0.2, 0.25) is 0 Å². The molecule has 126 valence electrons. The van der Waals surface area contributed by atoms with Gasteiger partial charge in [0.15, 0.2) is 0 Å². The first-order valence-corrected chi connectivity index (χ1v) is 9.17. The maximum atomic E-state index is 6.31. The predicted octanol–water partition coefficient (Wildman–Crippen LogP) is 3.34. The van der Waals surface area contributed by atoms with Crippen molar-refractivity contribution in [3.63, 3.8) is 0 Å². The van der Waals surface area contributed by atoms with Crippen molar-refractivity contribution in [1.82, 2.24) is 9.80 Å². The number of hydrogen-bond acceptors (Lipinski definition) is 3. The van der Waals surface area contributed by atoms with E-state index in [0.717, 1.165) is 25.6 Å². The van der Waals surface area contributed by atoms with Gasteiger partial charge >= 0.3 is 0 Å². The second-order valence-corrected chi connectivity index (χ2v) is 7.30. The van der Waals surface area contributed by atoms with E-state index in [-0.39, 0.29) is 5.54 Å². The van der Waals surface area contributed by atoms with Crippen molar-refractivity contribution in [2.24, 2.45) is 11.7 Å². The third kappa shape index (κ3) is 5.88. The lowest BCUT2D eigenvalue weighted by Gasteiger charge is -2.44. The fraction of sp³-hybridized carbons (Fsp3) is 1.00. The topological polar surface area (TPSA) is 32.5 Å². The molecule has 0 aromatic heterocycles. The van der Waals surface area contributed by atoms with Gasteiger partial charge in [0.1, 0.15) is 0 Å². The Morgan fingerprint density at radius 1 is 1.00 bits per heavy atom. The van der Waals surface area contributed by atoms with Crippen LogP contribution in [0.25, 0.3) is 0 Å². The molecule has 0 aromatic rings. The summed E-state index contributed by atoms with van der Waals surface area (Å²) < 4.78 is 0. The van der Waals surface area contributed by atoms with Crippen molar-refractivity contribution >= 4 is 0 Å². The maximum absolute atomic E-state index is 6.31. The van der Waals surface area contributed by atoms with Crippen LogP contribution in [0.2, 0.25) is 0 Å². The Hall–Kier alpha value is -0.120. The van der Waals surface area contributed by atoms with Crippen LogP contribution in [-0.2, 0) is 0 Å². The summed E-state index contributed by atoms with van der Waals surface area (Å²) in [7, 11) is 4.34. The molecule has 2 N–H and O–H groups in total. The zero-order valence-corrected chi connectivity index (χ0v) is 15.0. The lowest BCUT2D eigenvalue weighted by Crippen LogP contribution is -2.55. The van der Waals surface area contributed by atoms with E-state index in [1.165, 1.54) is 57.9 Å². The minimum atomic E-state index is 0.272. The van der Waals surface area contributed by atoms with E-state index in [1.54, 1.807) is 0 Å². The molecule has 2 unspecified atom stereocenters. The third-order valence-electron chi connectivity index (χ3n) is 5.33. The maximum Gasteiger partial charge on any atom is 0.0332 e. The van der Waals surface area contributed by atoms with Crippen molar-refractivity contribution in [3.05, 3.63) is 0 Å². The van der Waals surface area contributed by atoms with Crippen molar-refractivity contribution in [3.8, 4) is 0 Å². The zero-order chi connectivity index (χ0) is 15.7. The van der Waals surface area contributed by atoms with Gasteiger partial charge in [0, 0.05) is 25.2 Å². The largest absolute Gasteiger partial charge is 0.329 e. The van der Waals surface area contributed by atoms with Gasteiger partial charge in [-0.1, -0.05) is 39.5 Å². The smallest absolute Gasteiger partial charge is 0.0332 e. The molecular formula is C18H39N3. The van der Waals surface area contributed by atoms with Gasteiger partial charge in [-0.2, -0.15) is 0 Å². The molecule has 3 nitrogen and oxygen atoms in total. The van der Waals surface area contributed by atoms with Crippen molar-refractivity contribution in [2.45, 2.75) is 70.8 Å². The number of rotatable bonds is 9. The lowest BCUT2D eigenvalue weighted by atomic mass is 9.86. The Labute approximate surface area is 133 Å². The fourth-order valence-corrected chi connectivity index (χ4v) is 3.99. The minimum Gasteiger partial charge on any atom is -0.329 e. The van der Waals surface area contributed by atoms with Crippen molar-refractivity contribution < 1.29 is 0 Å². The Balaban J connectivity index is 2.73. The summed E-state index contributed by atoms with van der Waals surface area (Å²) >= 11 is 0. The van der Waals surface area contributed by atoms with E-state index in [0.29, 0.717) is 0 Å². The van der Waals surface area contributed by atoms with Gasteiger partial charge in [-0.05, 0) is 52.2 Å². The summed E-state index contributed by atoms with van der Waals surface area (Å²) in [4.78, 5) is 5.02. The molecule has 0 aliphatic heterocycles. The molecule has 0 radical (unpaired) electrons. The second kappa shape index (κ2) is 9.81. The monoisotopic (exact) mass is 297 g/mol. The van der Waals surface area contributed by atoms with E-state index in [1.807, 2.05) is 0 Å². The third-order valence-corrected chi connectivity index (χ3v) is 5.33. The minimum absolute atomic E-state index is 0.272. The molecule has 1 rings (SSSR count). The van der Waals surface area contributed by atoms with E-state index in [4.69, 9.17) is 5.73 Å². The van der Waals surface area contributed by atoms with E-state index in [2.05, 4.69) is 37.7 Å². The summed E-state index contributed by atoms with van der Waals surface area (Å²) in [5, 5.41) is 0. The van der Waals surface area contributed by atoms with Crippen LogP contribution in [-0.4, -0.2) is 55.6 Å². The summed E-state index contributed by atoms with van der Waals surface area (Å²) in [6.07, 6.45) is 10.7. The first kappa shape index (κ1) is 18.9. The highest BCUT2D eigenvalue weighted by Crippen LogP contribution is 2.36. The van der Waals surface area contributed by atoms with Gasteiger partial charge in [0.05, 0.1) is 0 Å². The number of hydrogen-bond donors (Lipinski definition) is 1. The Bertz CT molecular complexity index is 267. The van der Waals surface area contributed by atoms with E-state index >= 15 is 0 Å². The molecule has 1 saturated carbocycles. The average Bonchev–Trinajstić information content (AvgIpc) is 2.67. The number of nitrogens with zero attached hydrogens (tertiary/aromatic N) is 2. The molecule has 0 spiro atoms. The van der Waals surface area contributed by atoms with Crippen LogP contribution in [0.5, 0.6) is 0 Å². The normalized spacial score (nSPS) is 27.3. The van der Waals surface area contributed by atoms with Crippen molar-refractivity contribution in [1.29, 1.82) is 0 Å². The number of likely N-dealkylation sites (N-methyl/N-ethyl adjacent to an activating group) is 1. The van der Waals surface area contributed by atoms with Gasteiger partial charge < -0.3 is 10.6 Å². The quantitative estimate of drug-likeness (QED) is 0.663. The standard InChI is InChI=1S/C18H39N3/c1-5-8-17-9-7-11-18(16-19,12-10-17)21(13-6-2)15-14-20(3)4/h17H,5-16,19H2,1-4H3. The molecule has 0 bridgehead atoms. The Morgan fingerprint density at radius 2 is 1.76 bits per heavy atom. The fourth-order valence-electron chi connectivity index (χ4n) is 3.99. The highest BCUT2D eigenvalue weighted by molar-refractivity contribution is 4.94. The first-order chi connectivity index (χ1) is 10.1. The molecule has 2 atom stereocenters. The molecule has 3 heteroatoms. The molecular weight excluding hydrogens is 258 g/mol. The molecule has 21 heavy (non-hydrogen) atoms. The summed E-state index contributed by atoms with van der Waals surface area (Å²) in [6, 6.07) is 0. The van der Waals surface area contributed by atoms with Crippen LogP contribution in [0, 0.1) is 5.92 Å². The van der Waals surface area contributed by atoms with Crippen LogP contribution < -0.4 is 5.73 Å². The summed E-state index contributed by atoms with van der Waals surface area (Å²) in [5.41, 5.74) is 6.58. The molecule has 0 amide bonds. The Morgan fingerprint density at radius 3 is 2.33 bits per heavy atom. The molecule has 1 fully saturated rings. The van der Waals surface area contributed by atoms with Crippen LogP contribution in [0.4, 0.5) is 0 Å². The molecule has 1 aliphatic rings. The van der Waals surface area contributed by atoms with Gasteiger partial charge in [-0.25, -0.2) is 0 Å². The van der Waals surface area contributed by atoms with Crippen LogP contribution in [0.3, 0.4) is 0 Å². The average molecular weight is 298 g/mol. The van der Waals surface area contributed by atoms with Crippen LogP contribution >= 0.6 is 0 Å². The second-order valence-electron chi connectivity index (χ2n) is 7.30. The van der Waals surface area contributed by atoms with Gasteiger partial charge in [-0.15, -0.1) is 0 Å². The molecule has 0 heterocycles. The van der Waals surface area contributed by atoms with E-state index < -0.39 is 0 Å². The SMILES string of the molecule is CCCC1CCCC(CN)(N(CCC)CCN(C)C)CC1. The highest BCUT2D eigenvalue weighted by Gasteiger charge is 2.36. The molecule has 0 aromatic carbocycles. The zero-order valence-electron chi connectivity index (χ0n) is 15.0. The van der Waals surface area contributed by atoms with Gasteiger partial charge in [0.25, 0.3) is 0 Å². The molecule has 0 saturated heterocycles. The van der Waals surface area contributed by atoms with Gasteiger partial charge in [-0.3, -0.25) is 4.90 Å². The number of nitrogens with two attached hydrogens (primary N) is 1. The molecule has 1 aliphatic carbocycles. The van der Waals surface area contributed by atoms with Crippen molar-refractivity contribution in [2.75, 3.05) is 40.3 Å². The summed E-state index contributed by atoms with van der Waals surface area (Å²) in [5.74, 6) is 0.945. The summed E-state index contributed by atoms with van der Waals surface area (Å²) in [6.45, 7) is 8.95. The van der Waals surface area contributed by atoms with Crippen LogP contribution in [0.15, 0.2) is 0 Å². The van der Waals surface area contributed by atoms with E-state index in [9.17, 15) is 0 Å². The predicted molar refractivity (Wildman–Crippen MR) is 93.7 cm³/mol. The lowest BCUT2D eigenvalue weighted by molar-refractivity contribution is 0.0696. The Kier molecular flexibility index (Phi) is 8.84.